The molecular formula is C17H14ClNO3. The number of ether oxygens (including phenoxy) is 1. The molecule has 2 aromatic rings. The van der Waals surface area contributed by atoms with E-state index in [0.717, 1.165) is 11.1 Å². The topological polar surface area (TPSA) is 63.2 Å². The standard InChI is InChI=1S/C17H14ClNO3/c1-3-21-17(20)13(10-19)8-14-6-7-16(22-14)12-5-4-11(2)15(18)9-12/h4-9H,3H2,1-2H3/b13-8-. The first-order valence-electron chi connectivity index (χ1n) is 6.70. The number of hydrogen-bond donors (Lipinski definition) is 0. The number of carbonyl (C=O) groups excluding carboxylic acids is 1. The third kappa shape index (κ3) is 3.57. The van der Waals surface area contributed by atoms with Crippen molar-refractivity contribution in [3.05, 3.63) is 52.3 Å². The van der Waals surface area contributed by atoms with Gasteiger partial charge in [0.25, 0.3) is 0 Å². The Balaban J connectivity index is 2.29. The van der Waals surface area contributed by atoms with Crippen LogP contribution in [0.4, 0.5) is 0 Å². The van der Waals surface area contributed by atoms with Crippen LogP contribution in [0.15, 0.2) is 40.3 Å². The maximum Gasteiger partial charge on any atom is 0.349 e. The van der Waals surface area contributed by atoms with Gasteiger partial charge in [-0.3, -0.25) is 0 Å². The summed E-state index contributed by atoms with van der Waals surface area (Å²) in [5.41, 5.74) is 1.70. The fourth-order valence-electron chi connectivity index (χ4n) is 1.82. The molecule has 0 bridgehead atoms. The Morgan fingerprint density at radius 1 is 1.41 bits per heavy atom. The number of benzene rings is 1. The average molecular weight is 316 g/mol. The Morgan fingerprint density at radius 3 is 2.82 bits per heavy atom. The van der Waals surface area contributed by atoms with Gasteiger partial charge >= 0.3 is 5.97 Å². The molecule has 112 valence electrons. The summed E-state index contributed by atoms with van der Waals surface area (Å²) in [7, 11) is 0. The van der Waals surface area contributed by atoms with Crippen LogP contribution in [0.1, 0.15) is 18.2 Å². The summed E-state index contributed by atoms with van der Waals surface area (Å²) in [6, 6.07) is 10.8. The van der Waals surface area contributed by atoms with E-state index in [1.165, 1.54) is 6.08 Å². The zero-order chi connectivity index (χ0) is 16.1. The van der Waals surface area contributed by atoms with E-state index in [9.17, 15) is 4.79 Å². The van der Waals surface area contributed by atoms with Crippen LogP contribution in [0.3, 0.4) is 0 Å². The molecule has 0 aliphatic heterocycles. The lowest BCUT2D eigenvalue weighted by molar-refractivity contribution is -0.137. The van der Waals surface area contributed by atoms with Crippen molar-refractivity contribution >= 4 is 23.6 Å². The van der Waals surface area contributed by atoms with Crippen molar-refractivity contribution < 1.29 is 13.9 Å². The minimum Gasteiger partial charge on any atom is -0.462 e. The van der Waals surface area contributed by atoms with Gasteiger partial charge in [0.1, 0.15) is 23.2 Å². The number of hydrogen-bond acceptors (Lipinski definition) is 4. The first kappa shape index (κ1) is 15.9. The van der Waals surface area contributed by atoms with E-state index >= 15 is 0 Å². The highest BCUT2D eigenvalue weighted by molar-refractivity contribution is 6.31. The van der Waals surface area contributed by atoms with Crippen LogP contribution >= 0.6 is 11.6 Å². The molecule has 22 heavy (non-hydrogen) atoms. The van der Waals surface area contributed by atoms with E-state index in [1.807, 2.05) is 19.1 Å². The maximum atomic E-state index is 11.6. The second kappa shape index (κ2) is 6.97. The van der Waals surface area contributed by atoms with Crippen LogP contribution < -0.4 is 0 Å². The molecule has 0 saturated carbocycles. The Labute approximate surface area is 133 Å². The number of halogens is 1. The minimum atomic E-state index is -0.665. The highest BCUT2D eigenvalue weighted by Gasteiger charge is 2.12. The zero-order valence-electron chi connectivity index (χ0n) is 12.2. The molecule has 0 amide bonds. The average Bonchev–Trinajstić information content (AvgIpc) is 2.96. The number of esters is 1. The van der Waals surface area contributed by atoms with Crippen molar-refractivity contribution in [1.82, 2.24) is 0 Å². The Kier molecular flexibility index (Phi) is 5.03. The predicted molar refractivity (Wildman–Crippen MR) is 84.1 cm³/mol. The maximum absolute atomic E-state index is 11.6. The molecule has 0 fully saturated rings. The Bertz CT molecular complexity index is 768. The summed E-state index contributed by atoms with van der Waals surface area (Å²) >= 11 is 6.10. The summed E-state index contributed by atoms with van der Waals surface area (Å²) in [5, 5.41) is 9.65. The van der Waals surface area contributed by atoms with Crippen molar-refractivity contribution in [3.8, 4) is 17.4 Å². The van der Waals surface area contributed by atoms with E-state index in [2.05, 4.69) is 0 Å². The molecule has 1 heterocycles. The number of furan rings is 1. The molecule has 0 unspecified atom stereocenters. The monoisotopic (exact) mass is 315 g/mol. The molecule has 0 N–H and O–H groups in total. The Hall–Kier alpha value is -2.51. The summed E-state index contributed by atoms with van der Waals surface area (Å²) in [6.45, 7) is 3.81. The zero-order valence-corrected chi connectivity index (χ0v) is 13.0. The van der Waals surface area contributed by atoms with E-state index in [1.54, 1.807) is 31.2 Å². The number of aryl methyl sites for hydroxylation is 1. The fraction of sp³-hybridized carbons (Fsp3) is 0.176. The van der Waals surface area contributed by atoms with Gasteiger partial charge in [-0.2, -0.15) is 5.26 Å². The minimum absolute atomic E-state index is 0.107. The highest BCUT2D eigenvalue weighted by atomic mass is 35.5. The van der Waals surface area contributed by atoms with Gasteiger partial charge in [-0.15, -0.1) is 0 Å². The van der Waals surface area contributed by atoms with Crippen molar-refractivity contribution in [2.75, 3.05) is 6.61 Å². The largest absolute Gasteiger partial charge is 0.462 e. The summed E-state index contributed by atoms with van der Waals surface area (Å²) in [6.07, 6.45) is 1.36. The molecule has 0 radical (unpaired) electrons. The SMILES string of the molecule is CCOC(=O)/C(C#N)=C\c1ccc(-c2ccc(C)c(Cl)c2)o1. The molecule has 0 aliphatic carbocycles. The van der Waals surface area contributed by atoms with Crippen LogP contribution in [0, 0.1) is 18.3 Å². The number of carbonyl (C=O) groups is 1. The van der Waals surface area contributed by atoms with Gasteiger partial charge in [0.05, 0.1) is 6.61 Å². The van der Waals surface area contributed by atoms with Crippen LogP contribution in [0.25, 0.3) is 17.4 Å². The van der Waals surface area contributed by atoms with Gasteiger partial charge in [0, 0.05) is 16.7 Å². The highest BCUT2D eigenvalue weighted by Crippen LogP contribution is 2.27. The fourth-order valence-corrected chi connectivity index (χ4v) is 2.00. The second-order valence-electron chi connectivity index (χ2n) is 4.56. The van der Waals surface area contributed by atoms with Gasteiger partial charge in [-0.05, 0) is 37.6 Å². The quantitative estimate of drug-likeness (QED) is 0.477. The lowest BCUT2D eigenvalue weighted by atomic mass is 10.1. The van der Waals surface area contributed by atoms with Gasteiger partial charge < -0.3 is 9.15 Å². The van der Waals surface area contributed by atoms with Crippen molar-refractivity contribution in [1.29, 1.82) is 5.26 Å². The normalized spacial score (nSPS) is 11.1. The first-order valence-corrected chi connectivity index (χ1v) is 7.08. The molecular weight excluding hydrogens is 302 g/mol. The molecule has 0 saturated heterocycles. The predicted octanol–water partition coefficient (Wildman–Crippen LogP) is 4.38. The number of nitrogens with zero attached hydrogens (tertiary/aromatic N) is 1. The lowest BCUT2D eigenvalue weighted by Gasteiger charge is -2.01. The molecule has 1 aromatic carbocycles. The van der Waals surface area contributed by atoms with E-state index in [0.29, 0.717) is 16.5 Å². The summed E-state index contributed by atoms with van der Waals surface area (Å²) in [5.74, 6) is 0.340. The van der Waals surface area contributed by atoms with Gasteiger partial charge in [0.15, 0.2) is 0 Å². The van der Waals surface area contributed by atoms with E-state index < -0.39 is 5.97 Å². The van der Waals surface area contributed by atoms with Crippen LogP contribution in [-0.2, 0) is 9.53 Å². The molecule has 0 atom stereocenters. The van der Waals surface area contributed by atoms with Crippen molar-refractivity contribution in [2.45, 2.75) is 13.8 Å². The van der Waals surface area contributed by atoms with Crippen LogP contribution in [0.5, 0.6) is 0 Å². The Morgan fingerprint density at radius 2 is 2.18 bits per heavy atom. The molecule has 0 aliphatic rings. The van der Waals surface area contributed by atoms with Crippen molar-refractivity contribution in [3.63, 3.8) is 0 Å². The molecule has 0 spiro atoms. The van der Waals surface area contributed by atoms with Gasteiger partial charge in [-0.1, -0.05) is 23.7 Å². The van der Waals surface area contributed by atoms with Gasteiger partial charge in [-0.25, -0.2) is 4.79 Å². The third-order valence-corrected chi connectivity index (χ3v) is 3.39. The molecule has 4 nitrogen and oxygen atoms in total. The molecule has 1 aromatic heterocycles. The second-order valence-corrected chi connectivity index (χ2v) is 4.96. The van der Waals surface area contributed by atoms with Crippen LogP contribution in [0.2, 0.25) is 5.02 Å². The molecule has 5 heteroatoms. The number of nitriles is 1. The van der Waals surface area contributed by atoms with Gasteiger partial charge in [0.2, 0.25) is 0 Å². The summed E-state index contributed by atoms with van der Waals surface area (Å²) < 4.78 is 10.4. The smallest absolute Gasteiger partial charge is 0.349 e. The lowest BCUT2D eigenvalue weighted by Crippen LogP contribution is -2.05. The van der Waals surface area contributed by atoms with Crippen molar-refractivity contribution in [2.24, 2.45) is 0 Å². The van der Waals surface area contributed by atoms with E-state index in [-0.39, 0.29) is 12.2 Å². The summed E-state index contributed by atoms with van der Waals surface area (Å²) in [4.78, 5) is 11.6. The first-order chi connectivity index (χ1) is 10.5. The van der Waals surface area contributed by atoms with Crippen LogP contribution in [-0.4, -0.2) is 12.6 Å². The third-order valence-electron chi connectivity index (χ3n) is 2.99. The molecule has 2 rings (SSSR count). The van der Waals surface area contributed by atoms with E-state index in [4.69, 9.17) is 26.0 Å². The number of rotatable bonds is 4.